The zero-order chi connectivity index (χ0) is 14.0. The third-order valence-electron chi connectivity index (χ3n) is 2.59. The summed E-state index contributed by atoms with van der Waals surface area (Å²) in [5.41, 5.74) is 0.945. The molecule has 2 unspecified atom stereocenters. The quantitative estimate of drug-likeness (QED) is 0.883. The molecule has 0 bridgehead atoms. The van der Waals surface area contributed by atoms with Gasteiger partial charge in [0.1, 0.15) is 16.3 Å². The molecule has 2 N–H and O–H groups in total. The van der Waals surface area contributed by atoms with Gasteiger partial charge in [-0.15, -0.1) is 0 Å². The summed E-state index contributed by atoms with van der Waals surface area (Å²) >= 11 is 0.980. The third-order valence-corrected chi connectivity index (χ3v) is 4.75. The highest BCUT2D eigenvalue weighted by atomic mass is 32.2. The fraction of sp³-hybridized carbons (Fsp3) is 0.455. The van der Waals surface area contributed by atoms with E-state index in [4.69, 9.17) is 0 Å². The molecule has 2 rings (SSSR count). The Bertz CT molecular complexity index is 649. The molecule has 0 aromatic heterocycles. The van der Waals surface area contributed by atoms with Crippen molar-refractivity contribution in [2.75, 3.05) is 0 Å². The van der Waals surface area contributed by atoms with Crippen LogP contribution in [0.2, 0.25) is 0 Å². The molecule has 6 nitrogen and oxygen atoms in total. The lowest BCUT2D eigenvalue weighted by Gasteiger charge is -2.16. The predicted molar refractivity (Wildman–Crippen MR) is 74.1 cm³/mol. The Morgan fingerprint density at radius 2 is 2.11 bits per heavy atom. The van der Waals surface area contributed by atoms with Gasteiger partial charge in [0.25, 0.3) is 0 Å². The number of fused-ring (bicyclic) bond motifs is 1. The number of rotatable bonds is 5. The molecule has 0 saturated carbocycles. The lowest BCUT2D eigenvalue weighted by molar-refractivity contribution is 0.175. The van der Waals surface area contributed by atoms with Gasteiger partial charge >= 0.3 is 0 Å². The topological polar surface area (TPSA) is 91.1 Å². The van der Waals surface area contributed by atoms with Crippen LogP contribution in [-0.4, -0.2) is 25.7 Å². The van der Waals surface area contributed by atoms with Crippen molar-refractivity contribution in [1.29, 1.82) is 0 Å². The van der Waals surface area contributed by atoms with Gasteiger partial charge in [-0.2, -0.15) is 8.73 Å². The lowest BCUT2D eigenvalue weighted by Crippen LogP contribution is -2.34. The molecule has 0 fully saturated rings. The second-order valence-electron chi connectivity index (χ2n) is 4.50. The zero-order valence-corrected chi connectivity index (χ0v) is 12.2. The minimum atomic E-state index is -3.66. The van der Waals surface area contributed by atoms with E-state index in [-0.39, 0.29) is 10.9 Å². The molecular formula is C11H15N3O3S2. The van der Waals surface area contributed by atoms with Crippen LogP contribution in [-0.2, 0) is 21.4 Å². The molecule has 8 heteroatoms. The van der Waals surface area contributed by atoms with Crippen molar-refractivity contribution in [1.82, 2.24) is 4.72 Å². The fourth-order valence-electron chi connectivity index (χ4n) is 1.89. The average Bonchev–Trinajstić information content (AvgIpc) is 2.73. The smallest absolute Gasteiger partial charge is 0.243 e. The van der Waals surface area contributed by atoms with Crippen molar-refractivity contribution in [2.24, 2.45) is 8.73 Å². The van der Waals surface area contributed by atoms with Gasteiger partial charge in [0.15, 0.2) is 0 Å². The SMILES string of the molecule is CC(O)CC(C)NS(=O)(=O)c1cccc2c1N=S=N2. The minimum absolute atomic E-state index is 0.121. The molecule has 19 heavy (non-hydrogen) atoms. The van der Waals surface area contributed by atoms with Gasteiger partial charge in [0.05, 0.1) is 17.5 Å². The van der Waals surface area contributed by atoms with Crippen molar-refractivity contribution < 1.29 is 13.5 Å². The standard InChI is InChI=1S/C11H15N3O3S2/c1-7(6-8(2)15)14-19(16,17)10-5-3-4-9-11(10)13-18-12-9/h3-5,7-8,14-15H,6H2,1-2H3. The number of nitrogens with one attached hydrogen (secondary N) is 1. The van der Waals surface area contributed by atoms with E-state index >= 15 is 0 Å². The maximum atomic E-state index is 12.3. The number of hydrogen-bond acceptors (Lipinski definition) is 5. The van der Waals surface area contributed by atoms with E-state index in [1.165, 1.54) is 6.07 Å². The summed E-state index contributed by atoms with van der Waals surface area (Å²) in [5, 5.41) is 9.27. The van der Waals surface area contributed by atoms with Crippen LogP contribution in [0.3, 0.4) is 0 Å². The zero-order valence-electron chi connectivity index (χ0n) is 10.6. The molecule has 1 aliphatic heterocycles. The number of benzene rings is 1. The molecule has 104 valence electrons. The van der Waals surface area contributed by atoms with E-state index in [0.717, 1.165) is 11.4 Å². The number of aliphatic hydroxyl groups is 1. The summed E-state index contributed by atoms with van der Waals surface area (Å²) in [6.45, 7) is 3.33. The van der Waals surface area contributed by atoms with Crippen LogP contribution in [0.4, 0.5) is 11.4 Å². The summed E-state index contributed by atoms with van der Waals surface area (Å²) < 4.78 is 35.1. The first-order valence-electron chi connectivity index (χ1n) is 5.82. The molecule has 1 heterocycles. The van der Waals surface area contributed by atoms with Crippen molar-refractivity contribution in [2.45, 2.75) is 37.3 Å². The van der Waals surface area contributed by atoms with Crippen molar-refractivity contribution in [3.63, 3.8) is 0 Å². The van der Waals surface area contributed by atoms with Crippen molar-refractivity contribution in [3.05, 3.63) is 18.2 Å². The molecule has 1 aromatic carbocycles. The van der Waals surface area contributed by atoms with Gasteiger partial charge in [-0.1, -0.05) is 6.07 Å². The van der Waals surface area contributed by atoms with Crippen LogP contribution in [0, 0.1) is 0 Å². The largest absolute Gasteiger partial charge is 0.393 e. The van der Waals surface area contributed by atoms with Crippen LogP contribution in [0.15, 0.2) is 31.8 Å². The average molecular weight is 301 g/mol. The van der Waals surface area contributed by atoms with E-state index in [1.807, 2.05) is 0 Å². The van der Waals surface area contributed by atoms with Crippen LogP contribution in [0.5, 0.6) is 0 Å². The molecule has 1 aromatic rings. The van der Waals surface area contributed by atoms with Crippen LogP contribution in [0.25, 0.3) is 0 Å². The van der Waals surface area contributed by atoms with Gasteiger partial charge in [-0.05, 0) is 32.4 Å². The molecule has 0 saturated heterocycles. The van der Waals surface area contributed by atoms with E-state index in [9.17, 15) is 13.5 Å². The summed E-state index contributed by atoms with van der Waals surface area (Å²) in [7, 11) is -3.66. The van der Waals surface area contributed by atoms with E-state index < -0.39 is 16.1 Å². The van der Waals surface area contributed by atoms with Crippen molar-refractivity contribution in [3.8, 4) is 0 Å². The van der Waals surface area contributed by atoms with Crippen LogP contribution >= 0.6 is 0 Å². The third kappa shape index (κ3) is 3.27. The number of sulfonamides is 1. The van der Waals surface area contributed by atoms with Crippen molar-refractivity contribution >= 4 is 32.8 Å². The summed E-state index contributed by atoms with van der Waals surface area (Å²) in [6.07, 6.45) is -0.209. The highest BCUT2D eigenvalue weighted by Gasteiger charge is 2.24. The molecule has 0 spiro atoms. The van der Waals surface area contributed by atoms with E-state index in [1.54, 1.807) is 26.0 Å². The Kier molecular flexibility index (Phi) is 4.14. The van der Waals surface area contributed by atoms with Gasteiger partial charge < -0.3 is 5.11 Å². The van der Waals surface area contributed by atoms with Crippen LogP contribution in [0.1, 0.15) is 20.3 Å². The van der Waals surface area contributed by atoms with Gasteiger partial charge in [-0.25, -0.2) is 13.1 Å². The number of nitrogens with zero attached hydrogens (tertiary/aromatic N) is 2. The Morgan fingerprint density at radius 1 is 1.37 bits per heavy atom. The highest BCUT2D eigenvalue weighted by Crippen LogP contribution is 2.37. The second kappa shape index (κ2) is 5.49. The number of hydrogen-bond donors (Lipinski definition) is 2. The molecule has 2 atom stereocenters. The molecule has 0 aliphatic carbocycles. The Labute approximate surface area is 115 Å². The maximum Gasteiger partial charge on any atom is 0.243 e. The summed E-state index contributed by atoms with van der Waals surface area (Å²) in [5.74, 6) is 0. The second-order valence-corrected chi connectivity index (χ2v) is 6.71. The monoisotopic (exact) mass is 301 g/mol. The maximum absolute atomic E-state index is 12.3. The highest BCUT2D eigenvalue weighted by molar-refractivity contribution is 7.89. The Morgan fingerprint density at radius 3 is 2.79 bits per heavy atom. The normalized spacial score (nSPS) is 16.8. The van der Waals surface area contributed by atoms with Gasteiger partial charge in [0.2, 0.25) is 10.0 Å². The minimum Gasteiger partial charge on any atom is -0.393 e. The van der Waals surface area contributed by atoms with Gasteiger partial charge in [0, 0.05) is 6.04 Å². The predicted octanol–water partition coefficient (Wildman–Crippen LogP) is 1.85. The summed E-state index contributed by atoms with van der Waals surface area (Å²) in [4.78, 5) is 0.121. The lowest BCUT2D eigenvalue weighted by atomic mass is 10.2. The first-order chi connectivity index (χ1) is 8.90. The van der Waals surface area contributed by atoms with E-state index in [0.29, 0.717) is 17.8 Å². The molecule has 1 aliphatic rings. The van der Waals surface area contributed by atoms with Gasteiger partial charge in [-0.3, -0.25) is 0 Å². The molecule has 0 radical (unpaired) electrons. The fourth-order valence-corrected chi connectivity index (χ4v) is 3.91. The Hall–Kier alpha value is -1.09. The molecular weight excluding hydrogens is 286 g/mol. The number of aliphatic hydroxyl groups excluding tert-OH is 1. The van der Waals surface area contributed by atoms with E-state index in [2.05, 4.69) is 13.4 Å². The Balaban J connectivity index is 2.27. The molecule has 0 amide bonds. The first kappa shape index (κ1) is 14.3. The summed E-state index contributed by atoms with van der Waals surface area (Å²) in [6, 6.07) is 4.50. The van der Waals surface area contributed by atoms with Crippen LogP contribution < -0.4 is 4.72 Å². The first-order valence-corrected chi connectivity index (χ1v) is 8.03.